The van der Waals surface area contributed by atoms with Crippen LogP contribution in [0.2, 0.25) is 0 Å². The topological polar surface area (TPSA) is 71.1 Å². The number of hydrogen-bond acceptors (Lipinski definition) is 3. The highest BCUT2D eigenvalue weighted by Gasteiger charge is 2.11. The van der Waals surface area contributed by atoms with Crippen LogP contribution in [0, 0.1) is 0 Å². The van der Waals surface area contributed by atoms with Crippen LogP contribution in [0.4, 0.5) is 11.4 Å². The molecule has 0 atom stereocenters. The predicted molar refractivity (Wildman–Crippen MR) is 130 cm³/mol. The van der Waals surface area contributed by atoms with Gasteiger partial charge in [0, 0.05) is 17.6 Å². The molecule has 0 aliphatic carbocycles. The zero-order valence-electron chi connectivity index (χ0n) is 18.9. The molecule has 32 heavy (non-hydrogen) atoms. The summed E-state index contributed by atoms with van der Waals surface area (Å²) in [6.45, 7) is 4.34. The average molecular weight is 430 g/mol. The molecule has 0 aliphatic heterocycles. The van der Waals surface area contributed by atoms with Crippen molar-refractivity contribution in [3.8, 4) is 0 Å². The van der Waals surface area contributed by atoms with Crippen molar-refractivity contribution in [3.63, 3.8) is 0 Å². The summed E-state index contributed by atoms with van der Waals surface area (Å²) < 4.78 is 0. The fourth-order valence-corrected chi connectivity index (χ4v) is 3.33. The number of anilines is 2. The van der Waals surface area contributed by atoms with Crippen molar-refractivity contribution in [2.24, 2.45) is 0 Å². The standard InChI is InChI=1S/C27H31N3O2/c1-3-5-7-20-9-14-23(15-10-20)29-26(31)22-13-18-25(28-19-22)27(32)30-24-16-11-21(12-17-24)8-6-4-2/h9-19H,3-8H2,1-2H3,(H,29,31)(H,30,32). The third-order valence-electron chi connectivity index (χ3n) is 5.32. The van der Waals surface area contributed by atoms with E-state index >= 15 is 0 Å². The Kier molecular flexibility index (Phi) is 8.55. The van der Waals surface area contributed by atoms with E-state index in [1.54, 1.807) is 12.1 Å². The van der Waals surface area contributed by atoms with Gasteiger partial charge in [-0.05, 0) is 73.2 Å². The molecule has 2 N–H and O–H groups in total. The van der Waals surface area contributed by atoms with Crippen LogP contribution in [-0.4, -0.2) is 16.8 Å². The highest BCUT2D eigenvalue weighted by Crippen LogP contribution is 2.15. The molecule has 2 amide bonds. The molecule has 5 heteroatoms. The quantitative estimate of drug-likeness (QED) is 0.399. The van der Waals surface area contributed by atoms with Gasteiger partial charge >= 0.3 is 0 Å². The van der Waals surface area contributed by atoms with E-state index in [0.717, 1.165) is 49.9 Å². The van der Waals surface area contributed by atoms with Crippen LogP contribution in [-0.2, 0) is 12.8 Å². The first kappa shape index (κ1) is 23.2. The molecule has 0 saturated heterocycles. The van der Waals surface area contributed by atoms with E-state index in [1.807, 2.05) is 48.5 Å². The van der Waals surface area contributed by atoms with Crippen LogP contribution in [0.1, 0.15) is 71.5 Å². The van der Waals surface area contributed by atoms with Crippen LogP contribution in [0.5, 0.6) is 0 Å². The van der Waals surface area contributed by atoms with Crippen LogP contribution in [0.25, 0.3) is 0 Å². The molecule has 1 aromatic heterocycles. The van der Waals surface area contributed by atoms with Gasteiger partial charge in [-0.15, -0.1) is 0 Å². The smallest absolute Gasteiger partial charge is 0.274 e. The number of aromatic nitrogens is 1. The number of carbonyl (C=O) groups is 2. The van der Waals surface area contributed by atoms with E-state index in [4.69, 9.17) is 0 Å². The Morgan fingerprint density at radius 3 is 1.62 bits per heavy atom. The van der Waals surface area contributed by atoms with Gasteiger partial charge in [-0.2, -0.15) is 0 Å². The summed E-state index contributed by atoms with van der Waals surface area (Å²) in [6, 6.07) is 18.9. The monoisotopic (exact) mass is 429 g/mol. The fraction of sp³-hybridized carbons (Fsp3) is 0.296. The number of pyridine rings is 1. The molecular weight excluding hydrogens is 398 g/mol. The van der Waals surface area contributed by atoms with Crippen molar-refractivity contribution >= 4 is 23.2 Å². The predicted octanol–water partition coefficient (Wildman–Crippen LogP) is 6.27. The maximum atomic E-state index is 12.5. The summed E-state index contributed by atoms with van der Waals surface area (Å²) in [6.07, 6.45) is 8.13. The summed E-state index contributed by atoms with van der Waals surface area (Å²) in [5, 5.41) is 5.72. The molecule has 0 radical (unpaired) electrons. The number of hydrogen-bond donors (Lipinski definition) is 2. The van der Waals surface area contributed by atoms with Crippen LogP contribution < -0.4 is 10.6 Å². The van der Waals surface area contributed by atoms with Crippen molar-refractivity contribution in [1.29, 1.82) is 0 Å². The summed E-state index contributed by atoms with van der Waals surface area (Å²) in [5.41, 5.74) is 4.64. The van der Waals surface area contributed by atoms with E-state index in [-0.39, 0.29) is 17.5 Å². The Balaban J connectivity index is 1.55. The lowest BCUT2D eigenvalue weighted by molar-refractivity contribution is 0.101. The molecule has 5 nitrogen and oxygen atoms in total. The van der Waals surface area contributed by atoms with Gasteiger partial charge in [0.2, 0.25) is 0 Å². The molecule has 2 aromatic carbocycles. The van der Waals surface area contributed by atoms with Gasteiger partial charge in [-0.25, -0.2) is 0 Å². The van der Waals surface area contributed by atoms with Gasteiger partial charge in [0.15, 0.2) is 0 Å². The van der Waals surface area contributed by atoms with E-state index < -0.39 is 0 Å². The number of nitrogens with one attached hydrogen (secondary N) is 2. The Morgan fingerprint density at radius 1 is 0.688 bits per heavy atom. The highest BCUT2D eigenvalue weighted by molar-refractivity contribution is 6.06. The van der Waals surface area contributed by atoms with Crippen molar-refractivity contribution < 1.29 is 9.59 Å². The summed E-state index contributed by atoms with van der Waals surface area (Å²) in [4.78, 5) is 29.1. The van der Waals surface area contributed by atoms with Gasteiger partial charge in [0.25, 0.3) is 11.8 Å². The fourth-order valence-electron chi connectivity index (χ4n) is 3.33. The molecule has 0 aliphatic rings. The number of aryl methyl sites for hydroxylation is 2. The Bertz CT molecular complexity index is 926. The average Bonchev–Trinajstić information content (AvgIpc) is 2.83. The minimum Gasteiger partial charge on any atom is -0.322 e. The Morgan fingerprint density at radius 2 is 1.19 bits per heavy atom. The van der Waals surface area contributed by atoms with Crippen LogP contribution in [0.3, 0.4) is 0 Å². The van der Waals surface area contributed by atoms with Crippen LogP contribution in [0.15, 0.2) is 66.9 Å². The summed E-state index contributed by atoms with van der Waals surface area (Å²) >= 11 is 0. The zero-order valence-corrected chi connectivity index (χ0v) is 18.9. The van der Waals surface area contributed by atoms with E-state index in [1.165, 1.54) is 17.3 Å². The van der Waals surface area contributed by atoms with Crippen molar-refractivity contribution in [3.05, 3.63) is 89.2 Å². The van der Waals surface area contributed by atoms with Gasteiger partial charge in [-0.1, -0.05) is 51.0 Å². The number of benzene rings is 2. The van der Waals surface area contributed by atoms with E-state index in [9.17, 15) is 9.59 Å². The summed E-state index contributed by atoms with van der Waals surface area (Å²) in [5.74, 6) is -0.561. The molecule has 0 bridgehead atoms. The number of nitrogens with zero attached hydrogens (tertiary/aromatic N) is 1. The van der Waals surface area contributed by atoms with E-state index in [0.29, 0.717) is 5.56 Å². The number of amides is 2. The second-order valence-corrected chi connectivity index (χ2v) is 7.94. The first-order chi connectivity index (χ1) is 15.6. The molecular formula is C27H31N3O2. The minimum atomic E-state index is -0.305. The van der Waals surface area contributed by atoms with Gasteiger partial charge < -0.3 is 10.6 Å². The van der Waals surface area contributed by atoms with Gasteiger partial charge in [0.1, 0.15) is 5.69 Å². The third-order valence-corrected chi connectivity index (χ3v) is 5.32. The summed E-state index contributed by atoms with van der Waals surface area (Å²) in [7, 11) is 0. The van der Waals surface area contributed by atoms with Crippen molar-refractivity contribution in [2.75, 3.05) is 10.6 Å². The maximum absolute atomic E-state index is 12.5. The highest BCUT2D eigenvalue weighted by atomic mass is 16.2. The molecule has 0 saturated carbocycles. The van der Waals surface area contributed by atoms with Gasteiger partial charge in [-0.3, -0.25) is 14.6 Å². The maximum Gasteiger partial charge on any atom is 0.274 e. The number of carbonyl (C=O) groups excluding carboxylic acids is 2. The normalized spacial score (nSPS) is 10.6. The Hall–Kier alpha value is -3.47. The second kappa shape index (κ2) is 11.8. The van der Waals surface area contributed by atoms with Crippen molar-refractivity contribution in [1.82, 2.24) is 4.98 Å². The Labute approximate surface area is 190 Å². The molecule has 0 unspecified atom stereocenters. The molecule has 0 spiro atoms. The molecule has 0 fully saturated rings. The molecule has 3 aromatic rings. The largest absolute Gasteiger partial charge is 0.322 e. The lowest BCUT2D eigenvalue weighted by Gasteiger charge is -2.08. The zero-order chi connectivity index (χ0) is 22.8. The van der Waals surface area contributed by atoms with Gasteiger partial charge in [0.05, 0.1) is 5.56 Å². The SMILES string of the molecule is CCCCc1ccc(NC(=O)c2ccc(C(=O)Nc3ccc(CCCC)cc3)nc2)cc1. The molecule has 1 heterocycles. The first-order valence-corrected chi connectivity index (χ1v) is 11.4. The first-order valence-electron chi connectivity index (χ1n) is 11.4. The lowest BCUT2D eigenvalue weighted by Crippen LogP contribution is -2.16. The number of unbranched alkanes of at least 4 members (excludes halogenated alkanes) is 2. The molecule has 166 valence electrons. The number of rotatable bonds is 10. The van der Waals surface area contributed by atoms with Crippen LogP contribution >= 0.6 is 0 Å². The second-order valence-electron chi connectivity index (χ2n) is 7.94. The molecule has 3 rings (SSSR count). The lowest BCUT2D eigenvalue weighted by atomic mass is 10.1. The van der Waals surface area contributed by atoms with Crippen molar-refractivity contribution in [2.45, 2.75) is 52.4 Å². The van der Waals surface area contributed by atoms with E-state index in [2.05, 4.69) is 29.5 Å². The minimum absolute atomic E-state index is 0.256. The third kappa shape index (κ3) is 6.77.